The number of hydrogen-bond acceptors (Lipinski definition) is 4. The number of aryl methyl sites for hydroxylation is 1. The van der Waals surface area contributed by atoms with E-state index in [2.05, 4.69) is 16.0 Å². The zero-order valence-corrected chi connectivity index (χ0v) is 14.9. The molecule has 1 aromatic rings. The Labute approximate surface area is 147 Å². The van der Waals surface area contributed by atoms with Crippen LogP contribution in [0.25, 0.3) is 0 Å². The van der Waals surface area contributed by atoms with Crippen molar-refractivity contribution < 1.29 is 18.0 Å². The maximum atomic E-state index is 12.2. The number of anilines is 1. The molecule has 2 aliphatic heterocycles. The lowest BCUT2D eigenvalue weighted by Gasteiger charge is -2.16. The van der Waals surface area contributed by atoms with Crippen LogP contribution in [0, 0.1) is 6.92 Å². The number of nitrogens with one attached hydrogen (secondary N) is 3. The van der Waals surface area contributed by atoms with Crippen LogP contribution >= 0.6 is 0 Å². The number of benzene rings is 1. The van der Waals surface area contributed by atoms with Crippen LogP contribution < -0.4 is 16.0 Å². The number of fused-ring (bicyclic) bond motifs is 1. The molecule has 8 heteroatoms. The van der Waals surface area contributed by atoms with Crippen LogP contribution in [0.4, 0.5) is 10.5 Å². The van der Waals surface area contributed by atoms with E-state index in [9.17, 15) is 18.0 Å². The van der Waals surface area contributed by atoms with E-state index in [-0.39, 0.29) is 29.8 Å². The topological polar surface area (TPSA) is 104 Å². The lowest BCUT2D eigenvalue weighted by atomic mass is 10.0. The van der Waals surface area contributed by atoms with Crippen LogP contribution in [-0.4, -0.2) is 43.4 Å². The highest BCUT2D eigenvalue weighted by Gasteiger charge is 2.51. The van der Waals surface area contributed by atoms with Crippen molar-refractivity contribution in [1.29, 1.82) is 0 Å². The molecule has 0 saturated carbocycles. The van der Waals surface area contributed by atoms with Crippen molar-refractivity contribution in [2.75, 3.05) is 11.1 Å². The highest BCUT2D eigenvalue weighted by molar-refractivity contribution is 7.92. The summed E-state index contributed by atoms with van der Waals surface area (Å²) in [5.41, 5.74) is 1.84. The Morgan fingerprint density at radius 2 is 2.08 bits per heavy atom. The summed E-state index contributed by atoms with van der Waals surface area (Å²) in [4.78, 5) is 23.3. The number of carbonyl (C=O) groups is 2. The number of rotatable bonds is 6. The zero-order chi connectivity index (χ0) is 18.0. The fraction of sp³-hybridized carbons (Fsp3) is 0.529. The van der Waals surface area contributed by atoms with E-state index >= 15 is 0 Å². The molecular formula is C17H23N3O4S. The molecule has 3 rings (SSSR count). The molecule has 2 saturated heterocycles. The summed E-state index contributed by atoms with van der Waals surface area (Å²) in [6.45, 7) is 1.96. The van der Waals surface area contributed by atoms with Gasteiger partial charge in [-0.2, -0.15) is 0 Å². The van der Waals surface area contributed by atoms with Gasteiger partial charge in [-0.1, -0.05) is 18.6 Å². The Morgan fingerprint density at radius 3 is 2.84 bits per heavy atom. The van der Waals surface area contributed by atoms with Crippen molar-refractivity contribution in [3.63, 3.8) is 0 Å². The zero-order valence-electron chi connectivity index (χ0n) is 14.1. The molecule has 0 bridgehead atoms. The normalized spacial score (nSPS) is 26.6. The first-order valence-corrected chi connectivity index (χ1v) is 10.2. The Hall–Kier alpha value is -2.09. The fourth-order valence-electron chi connectivity index (χ4n) is 3.58. The Balaban J connectivity index is 1.45. The Bertz CT molecular complexity index is 778. The van der Waals surface area contributed by atoms with Gasteiger partial charge < -0.3 is 16.0 Å². The molecule has 25 heavy (non-hydrogen) atoms. The van der Waals surface area contributed by atoms with Crippen molar-refractivity contribution >= 4 is 27.5 Å². The molecule has 0 unspecified atom stereocenters. The predicted molar refractivity (Wildman–Crippen MR) is 95.1 cm³/mol. The fourth-order valence-corrected chi connectivity index (χ4v) is 5.85. The average molecular weight is 365 g/mol. The van der Waals surface area contributed by atoms with Crippen LogP contribution in [0.15, 0.2) is 24.3 Å². The van der Waals surface area contributed by atoms with E-state index < -0.39 is 15.1 Å². The highest BCUT2D eigenvalue weighted by atomic mass is 32.2. The highest BCUT2D eigenvalue weighted by Crippen LogP contribution is 2.28. The second kappa shape index (κ2) is 7.03. The van der Waals surface area contributed by atoms with Gasteiger partial charge in [0, 0.05) is 12.1 Å². The molecule has 136 valence electrons. The van der Waals surface area contributed by atoms with Crippen molar-refractivity contribution in [1.82, 2.24) is 10.6 Å². The van der Waals surface area contributed by atoms with Crippen LogP contribution in [-0.2, 0) is 14.6 Å². The molecule has 2 aliphatic rings. The first-order valence-electron chi connectivity index (χ1n) is 8.50. The number of carbonyl (C=O) groups excluding carboxylic acids is 2. The third-order valence-electron chi connectivity index (χ3n) is 4.77. The molecule has 3 N–H and O–H groups in total. The number of amides is 3. The van der Waals surface area contributed by atoms with Gasteiger partial charge in [0.15, 0.2) is 9.84 Å². The van der Waals surface area contributed by atoms with Crippen LogP contribution in [0.2, 0.25) is 0 Å². The van der Waals surface area contributed by atoms with Crippen molar-refractivity contribution in [3.05, 3.63) is 29.8 Å². The Kier molecular flexibility index (Phi) is 4.99. The second-order valence-electron chi connectivity index (χ2n) is 6.78. The monoisotopic (exact) mass is 365 g/mol. The third kappa shape index (κ3) is 4.12. The van der Waals surface area contributed by atoms with Gasteiger partial charge in [-0.15, -0.1) is 0 Å². The molecule has 2 fully saturated rings. The van der Waals surface area contributed by atoms with E-state index in [0.717, 1.165) is 11.3 Å². The molecule has 3 atom stereocenters. The van der Waals surface area contributed by atoms with Crippen molar-refractivity contribution in [2.45, 2.75) is 49.9 Å². The van der Waals surface area contributed by atoms with Crippen LogP contribution in [0.1, 0.15) is 31.2 Å². The predicted octanol–water partition coefficient (Wildman–Crippen LogP) is 1.34. The number of urea groups is 1. The van der Waals surface area contributed by atoms with Crippen molar-refractivity contribution in [2.24, 2.45) is 0 Å². The summed E-state index contributed by atoms with van der Waals surface area (Å²) in [5, 5.41) is 7.64. The molecule has 0 spiro atoms. The Morgan fingerprint density at radius 1 is 1.28 bits per heavy atom. The van der Waals surface area contributed by atoms with Gasteiger partial charge in [0.2, 0.25) is 5.91 Å². The lowest BCUT2D eigenvalue weighted by molar-refractivity contribution is -0.116. The standard InChI is InChI=1S/C17H23N3O4S/c1-11-5-4-6-12(9-11)18-15(21)8-3-2-7-14-16-13(10-25(14,23)24)19-17(22)20-16/h4-6,9,13-14,16H,2-3,7-8,10H2,1H3,(H,18,21)(H2,19,20,22)/t13-,14+,16+/m0/s1. The maximum Gasteiger partial charge on any atom is 0.315 e. The van der Waals surface area contributed by atoms with Gasteiger partial charge >= 0.3 is 6.03 Å². The molecule has 1 aromatic carbocycles. The molecule has 0 aromatic heterocycles. The summed E-state index contributed by atoms with van der Waals surface area (Å²) in [6.07, 6.45) is 2.05. The molecular weight excluding hydrogens is 342 g/mol. The van der Waals surface area contributed by atoms with Crippen LogP contribution in [0.5, 0.6) is 0 Å². The molecule has 0 radical (unpaired) electrons. The third-order valence-corrected chi connectivity index (χ3v) is 7.04. The van der Waals surface area contributed by atoms with E-state index in [1.54, 1.807) is 0 Å². The number of unbranched alkanes of at least 4 members (excludes halogenated alkanes) is 1. The van der Waals surface area contributed by atoms with Gasteiger partial charge in [0.25, 0.3) is 0 Å². The van der Waals surface area contributed by atoms with E-state index in [0.29, 0.717) is 25.7 Å². The molecule has 7 nitrogen and oxygen atoms in total. The van der Waals surface area contributed by atoms with Gasteiger partial charge in [0.1, 0.15) is 0 Å². The largest absolute Gasteiger partial charge is 0.332 e. The summed E-state index contributed by atoms with van der Waals surface area (Å²) in [7, 11) is -3.20. The van der Waals surface area contributed by atoms with Gasteiger partial charge in [-0.05, 0) is 37.5 Å². The summed E-state index contributed by atoms with van der Waals surface area (Å²) in [5.74, 6) is -0.0804. The van der Waals surface area contributed by atoms with E-state index in [1.165, 1.54) is 0 Å². The van der Waals surface area contributed by atoms with Crippen LogP contribution in [0.3, 0.4) is 0 Å². The maximum absolute atomic E-state index is 12.2. The molecule has 3 amide bonds. The first-order chi connectivity index (χ1) is 11.8. The molecule has 2 heterocycles. The first kappa shape index (κ1) is 17.7. The second-order valence-corrected chi connectivity index (χ2v) is 9.05. The van der Waals surface area contributed by atoms with Gasteiger partial charge in [-0.3, -0.25) is 4.79 Å². The lowest BCUT2D eigenvalue weighted by Crippen LogP contribution is -2.39. The smallest absolute Gasteiger partial charge is 0.315 e. The quantitative estimate of drug-likeness (QED) is 0.523. The minimum Gasteiger partial charge on any atom is -0.332 e. The minimum atomic E-state index is -3.20. The van der Waals surface area contributed by atoms with E-state index in [4.69, 9.17) is 0 Å². The molecule has 0 aliphatic carbocycles. The van der Waals surface area contributed by atoms with E-state index in [1.807, 2.05) is 31.2 Å². The minimum absolute atomic E-state index is 0.00504. The van der Waals surface area contributed by atoms with Gasteiger partial charge in [0.05, 0.1) is 23.1 Å². The summed E-state index contributed by atoms with van der Waals surface area (Å²) >= 11 is 0. The number of sulfone groups is 1. The number of hydrogen-bond donors (Lipinski definition) is 3. The van der Waals surface area contributed by atoms with Crippen molar-refractivity contribution in [3.8, 4) is 0 Å². The van der Waals surface area contributed by atoms with Gasteiger partial charge in [-0.25, -0.2) is 13.2 Å². The summed E-state index contributed by atoms with van der Waals surface area (Å²) in [6, 6.07) is 6.61. The SMILES string of the molecule is Cc1cccc(NC(=O)CCCC[C@@H]2[C@@H]3NC(=O)N[C@H]3CS2(=O)=O)c1. The summed E-state index contributed by atoms with van der Waals surface area (Å²) < 4.78 is 24.4. The average Bonchev–Trinajstić information content (AvgIpc) is 2.96.